The number of anilines is 2. The van der Waals surface area contributed by atoms with Crippen molar-refractivity contribution in [3.05, 3.63) is 63.9 Å². The van der Waals surface area contributed by atoms with Gasteiger partial charge in [-0.05, 0) is 44.0 Å². The number of nitrogens with zero attached hydrogens (tertiary/aromatic N) is 2. The van der Waals surface area contributed by atoms with Crippen molar-refractivity contribution in [2.24, 2.45) is 5.92 Å². The van der Waals surface area contributed by atoms with Crippen LogP contribution in [0.3, 0.4) is 0 Å². The maximum Gasteiger partial charge on any atom is 0.278 e. The molecule has 0 fully saturated rings. The lowest BCUT2D eigenvalue weighted by atomic mass is 10.1. The number of benzene rings is 2. The summed E-state index contributed by atoms with van der Waals surface area (Å²) in [4.78, 5) is 40.2. The molecule has 1 heterocycles. The van der Waals surface area contributed by atoms with E-state index in [4.69, 9.17) is 0 Å². The highest BCUT2D eigenvalue weighted by atomic mass is 32.2. The van der Waals surface area contributed by atoms with E-state index in [0.717, 1.165) is 28.6 Å². The van der Waals surface area contributed by atoms with Crippen molar-refractivity contribution >= 4 is 35.0 Å². The molecule has 0 spiro atoms. The molecule has 3 aromatic rings. The molecule has 0 aliphatic carbocycles. The first kappa shape index (κ1) is 24.2. The molecule has 3 N–H and O–H groups in total. The van der Waals surface area contributed by atoms with Gasteiger partial charge < -0.3 is 10.6 Å². The first-order chi connectivity index (χ1) is 15.7. The number of nitrogens with one attached hydrogen (secondary N) is 3. The molecule has 9 heteroatoms. The van der Waals surface area contributed by atoms with Gasteiger partial charge in [0, 0.05) is 17.2 Å². The SMILES string of the molecule is Cc1cccc(NC(=O)C(C)Sc2nnc(-c3ccccc3NC(=O)C(C)C)c(=O)[nH]2)c1C. The van der Waals surface area contributed by atoms with Gasteiger partial charge in [-0.15, -0.1) is 10.2 Å². The lowest BCUT2D eigenvalue weighted by Crippen LogP contribution is -2.24. The molecular weight excluding hydrogens is 438 g/mol. The number of amides is 2. The minimum absolute atomic E-state index is 0.0893. The van der Waals surface area contributed by atoms with Crippen LogP contribution < -0.4 is 16.2 Å². The number of para-hydroxylation sites is 1. The molecule has 1 unspecified atom stereocenters. The van der Waals surface area contributed by atoms with Crippen LogP contribution in [0.5, 0.6) is 0 Å². The summed E-state index contributed by atoms with van der Waals surface area (Å²) in [6, 6.07) is 12.6. The van der Waals surface area contributed by atoms with Gasteiger partial charge in [0.1, 0.15) is 0 Å². The Hall–Kier alpha value is -3.46. The first-order valence-electron chi connectivity index (χ1n) is 10.6. The van der Waals surface area contributed by atoms with Crippen LogP contribution in [0.15, 0.2) is 52.4 Å². The van der Waals surface area contributed by atoms with Gasteiger partial charge in [0.25, 0.3) is 5.56 Å². The fourth-order valence-corrected chi connectivity index (χ4v) is 3.71. The average molecular weight is 466 g/mol. The van der Waals surface area contributed by atoms with E-state index in [1.807, 2.05) is 32.0 Å². The summed E-state index contributed by atoms with van der Waals surface area (Å²) >= 11 is 1.11. The van der Waals surface area contributed by atoms with Gasteiger partial charge in [0.2, 0.25) is 11.8 Å². The topological polar surface area (TPSA) is 117 Å². The summed E-state index contributed by atoms with van der Waals surface area (Å²) in [5.74, 6) is -0.581. The number of hydrogen-bond acceptors (Lipinski definition) is 6. The minimum atomic E-state index is -0.515. The molecule has 1 aromatic heterocycles. The molecule has 33 heavy (non-hydrogen) atoms. The van der Waals surface area contributed by atoms with Crippen LogP contribution in [0.1, 0.15) is 31.9 Å². The van der Waals surface area contributed by atoms with Crippen molar-refractivity contribution in [2.75, 3.05) is 10.6 Å². The molecule has 0 aliphatic rings. The zero-order chi connectivity index (χ0) is 24.1. The van der Waals surface area contributed by atoms with E-state index in [-0.39, 0.29) is 28.6 Å². The Bertz CT molecular complexity index is 1240. The molecular formula is C24H27N5O3S. The predicted molar refractivity (Wildman–Crippen MR) is 131 cm³/mol. The number of hydrogen-bond donors (Lipinski definition) is 3. The monoisotopic (exact) mass is 465 g/mol. The average Bonchev–Trinajstić information content (AvgIpc) is 2.77. The van der Waals surface area contributed by atoms with Gasteiger partial charge in [-0.3, -0.25) is 19.4 Å². The smallest absolute Gasteiger partial charge is 0.278 e. The maximum atomic E-state index is 12.8. The van der Waals surface area contributed by atoms with Crippen molar-refractivity contribution in [3.63, 3.8) is 0 Å². The zero-order valence-electron chi connectivity index (χ0n) is 19.2. The molecule has 0 saturated carbocycles. The highest BCUT2D eigenvalue weighted by molar-refractivity contribution is 8.00. The third-order valence-electron chi connectivity index (χ3n) is 5.16. The van der Waals surface area contributed by atoms with Crippen LogP contribution in [0, 0.1) is 19.8 Å². The normalized spacial score (nSPS) is 11.8. The Morgan fingerprint density at radius 1 is 0.909 bits per heavy atom. The van der Waals surface area contributed by atoms with E-state index >= 15 is 0 Å². The maximum absolute atomic E-state index is 12.8. The number of carbonyl (C=O) groups is 2. The van der Waals surface area contributed by atoms with Crippen LogP contribution in [0.2, 0.25) is 0 Å². The summed E-state index contributed by atoms with van der Waals surface area (Å²) in [5.41, 5.74) is 3.43. The molecule has 2 amide bonds. The number of rotatable bonds is 7. The lowest BCUT2D eigenvalue weighted by Gasteiger charge is -2.14. The Morgan fingerprint density at radius 3 is 2.27 bits per heavy atom. The summed E-state index contributed by atoms with van der Waals surface area (Å²) in [6.07, 6.45) is 0. The predicted octanol–water partition coefficient (Wildman–Crippen LogP) is 4.16. The third kappa shape index (κ3) is 5.87. The fraction of sp³-hybridized carbons (Fsp3) is 0.292. The summed E-state index contributed by atoms with van der Waals surface area (Å²) in [7, 11) is 0. The quantitative estimate of drug-likeness (QED) is 0.451. The van der Waals surface area contributed by atoms with Crippen LogP contribution in [-0.4, -0.2) is 32.2 Å². The molecule has 0 bridgehead atoms. The van der Waals surface area contributed by atoms with E-state index in [1.165, 1.54) is 0 Å². The molecule has 8 nitrogen and oxygen atoms in total. The highest BCUT2D eigenvalue weighted by Gasteiger charge is 2.19. The second-order valence-electron chi connectivity index (χ2n) is 7.99. The van der Waals surface area contributed by atoms with E-state index in [9.17, 15) is 14.4 Å². The largest absolute Gasteiger partial charge is 0.325 e. The van der Waals surface area contributed by atoms with Crippen molar-refractivity contribution in [2.45, 2.75) is 45.0 Å². The number of aryl methyl sites for hydroxylation is 1. The van der Waals surface area contributed by atoms with Gasteiger partial charge >= 0.3 is 0 Å². The van der Waals surface area contributed by atoms with E-state index in [1.54, 1.807) is 45.0 Å². The molecule has 0 aliphatic heterocycles. The van der Waals surface area contributed by atoms with E-state index in [0.29, 0.717) is 11.3 Å². The molecule has 1 atom stereocenters. The van der Waals surface area contributed by atoms with Gasteiger partial charge in [-0.25, -0.2) is 0 Å². The summed E-state index contributed by atoms with van der Waals surface area (Å²) in [5, 5.41) is 13.6. The standard InChI is InChI=1S/C24H27N5O3S/c1-13(2)21(30)26-19-11-7-6-10-17(19)20-23(32)27-24(29-28-20)33-16(5)22(31)25-18-12-8-9-14(3)15(18)4/h6-13,16H,1-5H3,(H,25,31)(H,26,30)(H,27,29,32). The van der Waals surface area contributed by atoms with Crippen molar-refractivity contribution in [1.82, 2.24) is 15.2 Å². The van der Waals surface area contributed by atoms with Gasteiger partial charge in [0.15, 0.2) is 10.9 Å². The van der Waals surface area contributed by atoms with Gasteiger partial charge in [0.05, 0.1) is 10.9 Å². The first-order valence-corrected chi connectivity index (χ1v) is 11.5. The summed E-state index contributed by atoms with van der Waals surface area (Å²) < 4.78 is 0. The van der Waals surface area contributed by atoms with Crippen molar-refractivity contribution in [3.8, 4) is 11.3 Å². The molecule has 2 aromatic carbocycles. The Labute approximate surface area is 196 Å². The zero-order valence-corrected chi connectivity index (χ0v) is 20.0. The molecule has 172 valence electrons. The van der Waals surface area contributed by atoms with E-state index in [2.05, 4.69) is 25.8 Å². The third-order valence-corrected chi connectivity index (χ3v) is 6.14. The fourth-order valence-electron chi connectivity index (χ4n) is 2.97. The Balaban J connectivity index is 1.76. The van der Waals surface area contributed by atoms with Gasteiger partial charge in [-0.2, -0.15) is 0 Å². The molecule has 0 saturated heterocycles. The Morgan fingerprint density at radius 2 is 1.58 bits per heavy atom. The van der Waals surface area contributed by atoms with Crippen LogP contribution >= 0.6 is 11.8 Å². The van der Waals surface area contributed by atoms with E-state index < -0.39 is 10.8 Å². The number of thioether (sulfide) groups is 1. The van der Waals surface area contributed by atoms with Crippen LogP contribution in [-0.2, 0) is 9.59 Å². The van der Waals surface area contributed by atoms with Crippen LogP contribution in [0.4, 0.5) is 11.4 Å². The van der Waals surface area contributed by atoms with Gasteiger partial charge in [-0.1, -0.05) is 55.9 Å². The Kier molecular flexibility index (Phi) is 7.65. The minimum Gasteiger partial charge on any atom is -0.325 e. The molecule has 0 radical (unpaired) electrons. The number of aromatic amines is 1. The number of H-pyrrole nitrogens is 1. The molecule has 3 rings (SSSR count). The lowest BCUT2D eigenvalue weighted by molar-refractivity contribution is -0.119. The highest BCUT2D eigenvalue weighted by Crippen LogP contribution is 2.26. The van der Waals surface area contributed by atoms with Crippen molar-refractivity contribution < 1.29 is 9.59 Å². The van der Waals surface area contributed by atoms with Crippen LogP contribution in [0.25, 0.3) is 11.3 Å². The number of aromatic nitrogens is 3. The second kappa shape index (κ2) is 10.4. The number of carbonyl (C=O) groups excluding carboxylic acids is 2. The second-order valence-corrected chi connectivity index (χ2v) is 9.32. The van der Waals surface area contributed by atoms with Crippen molar-refractivity contribution in [1.29, 1.82) is 0 Å². The summed E-state index contributed by atoms with van der Waals surface area (Å²) in [6.45, 7) is 9.24.